The fourth-order valence-corrected chi connectivity index (χ4v) is 2.82. The average Bonchev–Trinajstić information content (AvgIpc) is 3.07. The highest BCUT2D eigenvalue weighted by Crippen LogP contribution is 2.18. The second-order valence-corrected chi connectivity index (χ2v) is 6.02. The number of aromatic amines is 1. The number of H-pyrrole nitrogens is 1. The number of halogens is 1. The molecule has 1 saturated heterocycles. The maximum atomic E-state index is 12.4. The Kier molecular flexibility index (Phi) is 4.77. The molecule has 9 heteroatoms. The molecule has 0 radical (unpaired) electrons. The van der Waals surface area contributed by atoms with Gasteiger partial charge in [-0.25, -0.2) is 0 Å². The minimum atomic E-state index is -0.604. The number of carbonyl (C=O) groups is 1. The topological polar surface area (TPSA) is 95.4 Å². The number of nitro groups is 1. The lowest BCUT2D eigenvalue weighted by Gasteiger charge is -2.34. The third-order valence-electron chi connectivity index (χ3n) is 4.01. The zero-order valence-corrected chi connectivity index (χ0v) is 13.6. The van der Waals surface area contributed by atoms with Gasteiger partial charge < -0.3 is 4.90 Å². The lowest BCUT2D eigenvalue weighted by atomic mass is 10.2. The number of carbonyl (C=O) groups excluding carboxylic acids is 1. The lowest BCUT2D eigenvalue weighted by molar-refractivity contribution is -0.385. The molecule has 0 atom stereocenters. The lowest BCUT2D eigenvalue weighted by Crippen LogP contribution is -2.48. The molecule has 8 nitrogen and oxygen atoms in total. The van der Waals surface area contributed by atoms with Gasteiger partial charge in [-0.1, -0.05) is 23.7 Å². The van der Waals surface area contributed by atoms with Gasteiger partial charge in [0, 0.05) is 37.7 Å². The predicted molar refractivity (Wildman–Crippen MR) is 87.9 cm³/mol. The number of hydrogen-bond acceptors (Lipinski definition) is 5. The van der Waals surface area contributed by atoms with Gasteiger partial charge in [0.2, 0.25) is 5.69 Å². The standard InChI is InChI=1S/C15H16ClN5O3/c16-12-3-1-11(2-4-12)10-19-5-7-20(8-6-19)15(22)14-13(21(23)24)9-17-18-14/h1-4,9H,5-8,10H2,(H,17,18). The molecule has 2 aromatic rings. The van der Waals surface area contributed by atoms with Gasteiger partial charge in [-0.15, -0.1) is 0 Å². The van der Waals surface area contributed by atoms with Crippen LogP contribution in [0.4, 0.5) is 5.69 Å². The van der Waals surface area contributed by atoms with Crippen molar-refractivity contribution in [1.29, 1.82) is 0 Å². The van der Waals surface area contributed by atoms with Crippen LogP contribution in [0.2, 0.25) is 5.02 Å². The van der Waals surface area contributed by atoms with E-state index in [1.807, 2.05) is 24.3 Å². The molecule has 24 heavy (non-hydrogen) atoms. The molecule has 0 bridgehead atoms. The van der Waals surface area contributed by atoms with E-state index in [4.69, 9.17) is 11.6 Å². The van der Waals surface area contributed by atoms with E-state index in [1.165, 1.54) is 0 Å². The van der Waals surface area contributed by atoms with Gasteiger partial charge >= 0.3 is 5.69 Å². The Labute approximate surface area is 143 Å². The fourth-order valence-electron chi connectivity index (χ4n) is 2.69. The highest BCUT2D eigenvalue weighted by molar-refractivity contribution is 6.30. The summed E-state index contributed by atoms with van der Waals surface area (Å²) < 4.78 is 0. The zero-order valence-electron chi connectivity index (χ0n) is 12.8. The van der Waals surface area contributed by atoms with Gasteiger partial charge in [0.1, 0.15) is 6.20 Å². The van der Waals surface area contributed by atoms with Crippen molar-refractivity contribution in [3.8, 4) is 0 Å². The average molecular weight is 350 g/mol. The van der Waals surface area contributed by atoms with Crippen LogP contribution in [-0.2, 0) is 6.54 Å². The summed E-state index contributed by atoms with van der Waals surface area (Å²) in [5, 5.41) is 17.6. The quantitative estimate of drug-likeness (QED) is 0.672. The number of nitrogens with one attached hydrogen (secondary N) is 1. The Bertz CT molecular complexity index is 738. The van der Waals surface area contributed by atoms with Gasteiger partial charge in [-0.3, -0.25) is 24.9 Å². The minimum absolute atomic E-state index is 0.0637. The molecule has 0 aliphatic carbocycles. The van der Waals surface area contributed by atoms with E-state index in [1.54, 1.807) is 4.90 Å². The van der Waals surface area contributed by atoms with E-state index in [-0.39, 0.29) is 17.3 Å². The van der Waals surface area contributed by atoms with E-state index in [9.17, 15) is 14.9 Å². The number of aromatic nitrogens is 2. The Balaban J connectivity index is 1.58. The summed E-state index contributed by atoms with van der Waals surface area (Å²) in [6.07, 6.45) is 1.06. The molecular weight excluding hydrogens is 334 g/mol. The smallest absolute Gasteiger partial charge is 0.319 e. The molecule has 1 N–H and O–H groups in total. The number of rotatable bonds is 4. The monoisotopic (exact) mass is 349 g/mol. The second-order valence-electron chi connectivity index (χ2n) is 5.58. The summed E-state index contributed by atoms with van der Waals surface area (Å²) in [6, 6.07) is 7.67. The first-order valence-corrected chi connectivity index (χ1v) is 7.86. The molecule has 0 unspecified atom stereocenters. The van der Waals surface area contributed by atoms with Crippen LogP contribution in [0.25, 0.3) is 0 Å². The summed E-state index contributed by atoms with van der Waals surface area (Å²) >= 11 is 5.88. The Morgan fingerprint density at radius 3 is 2.54 bits per heavy atom. The van der Waals surface area contributed by atoms with Gasteiger partial charge in [0.15, 0.2) is 0 Å². The Morgan fingerprint density at radius 1 is 1.25 bits per heavy atom. The molecule has 0 saturated carbocycles. The molecule has 1 aliphatic heterocycles. The van der Waals surface area contributed by atoms with E-state index in [0.29, 0.717) is 31.2 Å². The SMILES string of the molecule is O=C(c1[nH]ncc1[N+](=O)[O-])N1CCN(Cc2ccc(Cl)cc2)CC1. The zero-order chi connectivity index (χ0) is 17.1. The Hall–Kier alpha value is -2.45. The first-order valence-electron chi connectivity index (χ1n) is 7.48. The molecule has 1 aromatic heterocycles. The molecule has 126 valence electrons. The minimum Gasteiger partial charge on any atom is -0.335 e. The third kappa shape index (κ3) is 3.55. The van der Waals surface area contributed by atoms with Crippen molar-refractivity contribution in [3.05, 3.63) is 56.9 Å². The summed E-state index contributed by atoms with van der Waals surface area (Å²) in [5.74, 6) is -0.384. The van der Waals surface area contributed by atoms with Gasteiger partial charge in [0.25, 0.3) is 5.91 Å². The number of amides is 1. The summed E-state index contributed by atoms with van der Waals surface area (Å²) in [6.45, 7) is 3.22. The first-order chi connectivity index (χ1) is 11.5. The Morgan fingerprint density at radius 2 is 1.92 bits per heavy atom. The van der Waals surface area contributed by atoms with E-state index < -0.39 is 4.92 Å². The molecular formula is C15H16ClN5O3. The molecule has 1 aromatic carbocycles. The van der Waals surface area contributed by atoms with Crippen molar-refractivity contribution < 1.29 is 9.72 Å². The molecule has 1 aliphatic rings. The van der Waals surface area contributed by atoms with Crippen LogP contribution in [0.3, 0.4) is 0 Å². The predicted octanol–water partition coefficient (Wildman–Crippen LogP) is 1.93. The first kappa shape index (κ1) is 16.4. The molecule has 1 fully saturated rings. The molecule has 2 heterocycles. The van der Waals surface area contributed by atoms with Crippen LogP contribution < -0.4 is 0 Å². The van der Waals surface area contributed by atoms with Crippen molar-refractivity contribution in [3.63, 3.8) is 0 Å². The molecule has 0 spiro atoms. The van der Waals surface area contributed by atoms with E-state index in [2.05, 4.69) is 15.1 Å². The fraction of sp³-hybridized carbons (Fsp3) is 0.333. The van der Waals surface area contributed by atoms with Crippen molar-refractivity contribution >= 4 is 23.2 Å². The largest absolute Gasteiger partial charge is 0.335 e. The van der Waals surface area contributed by atoms with Crippen LogP contribution in [0.5, 0.6) is 0 Å². The van der Waals surface area contributed by atoms with Crippen LogP contribution in [0, 0.1) is 10.1 Å². The van der Waals surface area contributed by atoms with Crippen LogP contribution in [0.1, 0.15) is 16.1 Å². The highest BCUT2D eigenvalue weighted by atomic mass is 35.5. The number of benzene rings is 1. The van der Waals surface area contributed by atoms with E-state index >= 15 is 0 Å². The second kappa shape index (κ2) is 6.98. The summed E-state index contributed by atoms with van der Waals surface area (Å²) in [5.41, 5.74) is 0.804. The van der Waals surface area contributed by atoms with Crippen molar-refractivity contribution in [1.82, 2.24) is 20.0 Å². The van der Waals surface area contributed by atoms with Crippen molar-refractivity contribution in [2.45, 2.75) is 6.54 Å². The number of hydrogen-bond donors (Lipinski definition) is 1. The van der Waals surface area contributed by atoms with Gasteiger partial charge in [0.05, 0.1) is 4.92 Å². The third-order valence-corrected chi connectivity index (χ3v) is 4.26. The number of nitrogens with zero attached hydrogens (tertiary/aromatic N) is 4. The van der Waals surface area contributed by atoms with Crippen LogP contribution >= 0.6 is 11.6 Å². The highest BCUT2D eigenvalue weighted by Gasteiger charge is 2.29. The molecule has 3 rings (SSSR count). The van der Waals surface area contributed by atoms with Gasteiger partial charge in [-0.2, -0.15) is 5.10 Å². The number of piperazine rings is 1. The van der Waals surface area contributed by atoms with Gasteiger partial charge in [-0.05, 0) is 17.7 Å². The van der Waals surface area contributed by atoms with Crippen LogP contribution in [0.15, 0.2) is 30.5 Å². The van der Waals surface area contributed by atoms with Crippen molar-refractivity contribution in [2.24, 2.45) is 0 Å². The summed E-state index contributed by atoms with van der Waals surface area (Å²) in [4.78, 5) is 26.5. The normalized spacial score (nSPS) is 15.5. The maximum absolute atomic E-state index is 12.4. The van der Waals surface area contributed by atoms with Crippen molar-refractivity contribution in [2.75, 3.05) is 26.2 Å². The molecule has 1 amide bonds. The maximum Gasteiger partial charge on any atom is 0.319 e. The van der Waals surface area contributed by atoms with E-state index in [0.717, 1.165) is 18.3 Å². The van der Waals surface area contributed by atoms with Crippen LogP contribution in [-0.4, -0.2) is 57.0 Å². The summed E-state index contributed by atoms with van der Waals surface area (Å²) in [7, 11) is 0.